The Morgan fingerprint density at radius 3 is 2.48 bits per heavy atom. The lowest BCUT2D eigenvalue weighted by molar-refractivity contribution is -0.118. The van der Waals surface area contributed by atoms with Gasteiger partial charge in [-0.1, -0.05) is 49.7 Å². The molecule has 2 amide bonds. The van der Waals surface area contributed by atoms with E-state index in [0.717, 1.165) is 42.4 Å². The molecule has 1 fully saturated rings. The van der Waals surface area contributed by atoms with Crippen LogP contribution in [0.5, 0.6) is 0 Å². The number of rotatable bonds is 7. The zero-order chi connectivity index (χ0) is 22.4. The molecular formula is C24H30ClN3O2S. The van der Waals surface area contributed by atoms with Gasteiger partial charge in [-0.05, 0) is 42.2 Å². The Hall–Kier alpha value is -2.02. The predicted molar refractivity (Wildman–Crippen MR) is 130 cm³/mol. The van der Waals surface area contributed by atoms with Crippen molar-refractivity contribution < 1.29 is 9.59 Å². The minimum atomic E-state index is -0.675. The molecule has 0 bridgehead atoms. The fraction of sp³-hybridized carbons (Fsp3) is 0.417. The number of nitrogens with one attached hydrogen (secondary N) is 2. The molecule has 2 N–H and O–H groups in total. The third kappa shape index (κ3) is 6.25. The van der Waals surface area contributed by atoms with Crippen LogP contribution in [0.15, 0.2) is 42.5 Å². The smallest absolute Gasteiger partial charge is 0.253 e. The first-order chi connectivity index (χ1) is 14.9. The quantitative estimate of drug-likeness (QED) is 0.635. The number of carbonyl (C=O) groups excluding carboxylic acids is 2. The molecule has 1 unspecified atom stereocenters. The maximum atomic E-state index is 13.1. The Morgan fingerprint density at radius 1 is 1.10 bits per heavy atom. The molecule has 2 aromatic rings. The summed E-state index contributed by atoms with van der Waals surface area (Å²) in [5.41, 5.74) is 3.42. The second kappa shape index (κ2) is 11.0. The minimum Gasteiger partial charge on any atom is -0.340 e. The van der Waals surface area contributed by atoms with Crippen LogP contribution < -0.4 is 10.6 Å². The average Bonchev–Trinajstić information content (AvgIpc) is 2.75. The Balaban J connectivity index is 1.71. The zero-order valence-electron chi connectivity index (χ0n) is 18.3. The summed E-state index contributed by atoms with van der Waals surface area (Å²) in [6.07, 6.45) is 0. The largest absolute Gasteiger partial charge is 0.340 e. The molecule has 3 rings (SSSR count). The van der Waals surface area contributed by atoms with Crippen LogP contribution in [0, 0.1) is 12.8 Å². The van der Waals surface area contributed by atoms with Crippen molar-refractivity contribution >= 4 is 40.9 Å². The predicted octanol–water partition coefficient (Wildman–Crippen LogP) is 4.59. The van der Waals surface area contributed by atoms with E-state index in [1.54, 1.807) is 24.3 Å². The molecule has 1 aliphatic heterocycles. The summed E-state index contributed by atoms with van der Waals surface area (Å²) in [6, 6.07) is 12.2. The van der Waals surface area contributed by atoms with Gasteiger partial charge in [0, 0.05) is 36.8 Å². The summed E-state index contributed by atoms with van der Waals surface area (Å²) in [4.78, 5) is 28.2. The number of hydrogen-bond acceptors (Lipinski definition) is 4. The summed E-state index contributed by atoms with van der Waals surface area (Å²) in [6.45, 7) is 8.92. The van der Waals surface area contributed by atoms with Crippen LogP contribution in [0.4, 0.5) is 5.69 Å². The van der Waals surface area contributed by atoms with E-state index < -0.39 is 6.04 Å². The normalized spacial score (nSPS) is 15.5. The van der Waals surface area contributed by atoms with E-state index in [1.165, 1.54) is 5.56 Å². The molecule has 2 aromatic carbocycles. The minimum absolute atomic E-state index is 0.0826. The van der Waals surface area contributed by atoms with Crippen molar-refractivity contribution in [3.05, 3.63) is 64.2 Å². The van der Waals surface area contributed by atoms with E-state index in [2.05, 4.69) is 21.6 Å². The summed E-state index contributed by atoms with van der Waals surface area (Å²) < 4.78 is 0. The molecule has 0 spiro atoms. The van der Waals surface area contributed by atoms with Gasteiger partial charge in [0.15, 0.2) is 0 Å². The van der Waals surface area contributed by atoms with Crippen molar-refractivity contribution in [3.63, 3.8) is 0 Å². The molecular weight excluding hydrogens is 430 g/mol. The highest BCUT2D eigenvalue weighted by atomic mass is 35.5. The summed E-state index contributed by atoms with van der Waals surface area (Å²) in [7, 11) is 0. The summed E-state index contributed by atoms with van der Waals surface area (Å²) in [5.74, 6) is 1.66. The molecule has 7 heteroatoms. The molecule has 5 nitrogen and oxygen atoms in total. The average molecular weight is 460 g/mol. The third-order valence-electron chi connectivity index (χ3n) is 5.56. The lowest BCUT2D eigenvalue weighted by atomic mass is 10.0. The number of thioether (sulfide) groups is 1. The number of nitrogens with zero attached hydrogens (tertiary/aromatic N) is 1. The van der Waals surface area contributed by atoms with Gasteiger partial charge in [0.25, 0.3) is 5.91 Å². The number of amides is 2. The lowest BCUT2D eigenvalue weighted by Gasteiger charge is -2.27. The number of carbonyl (C=O) groups is 2. The van der Waals surface area contributed by atoms with Crippen LogP contribution in [0.3, 0.4) is 0 Å². The van der Waals surface area contributed by atoms with Gasteiger partial charge in [0.05, 0.1) is 10.6 Å². The van der Waals surface area contributed by atoms with Crippen molar-refractivity contribution in [2.24, 2.45) is 5.92 Å². The van der Waals surface area contributed by atoms with E-state index in [4.69, 9.17) is 11.6 Å². The van der Waals surface area contributed by atoms with Gasteiger partial charge in [0.1, 0.15) is 6.04 Å². The van der Waals surface area contributed by atoms with Crippen molar-refractivity contribution in [1.82, 2.24) is 10.2 Å². The third-order valence-corrected chi connectivity index (χ3v) is 6.83. The fourth-order valence-corrected chi connectivity index (χ4v) is 4.80. The number of halogens is 1. The topological polar surface area (TPSA) is 61.4 Å². The number of anilines is 1. The van der Waals surface area contributed by atoms with Crippen LogP contribution >= 0.6 is 23.4 Å². The van der Waals surface area contributed by atoms with Crippen LogP contribution in [0.25, 0.3) is 0 Å². The van der Waals surface area contributed by atoms with E-state index in [-0.39, 0.29) is 17.7 Å². The van der Waals surface area contributed by atoms with Gasteiger partial charge in [0.2, 0.25) is 5.91 Å². The van der Waals surface area contributed by atoms with Gasteiger partial charge in [-0.25, -0.2) is 0 Å². The molecule has 0 aromatic heterocycles. The van der Waals surface area contributed by atoms with Crippen molar-refractivity contribution in [3.8, 4) is 0 Å². The standard InChI is InChI=1S/C24H30ClN3O2S/c1-16(2)22(27-23(29)19-8-4-5-9-20(19)25)24(30)26-21-10-6-7-18(17(21)3)15-28-11-13-31-14-12-28/h4-10,16,22H,11-15H2,1-3H3,(H,26,30)(H,27,29). The van der Waals surface area contributed by atoms with Crippen LogP contribution in [0.2, 0.25) is 5.02 Å². The first-order valence-corrected chi connectivity index (χ1v) is 12.1. The molecule has 0 aliphatic carbocycles. The van der Waals surface area contributed by atoms with Crippen molar-refractivity contribution in [2.45, 2.75) is 33.4 Å². The molecule has 0 saturated carbocycles. The maximum Gasteiger partial charge on any atom is 0.253 e. The SMILES string of the molecule is Cc1c(CN2CCSCC2)cccc1NC(=O)C(NC(=O)c1ccccc1Cl)C(C)C. The number of benzene rings is 2. The first-order valence-electron chi connectivity index (χ1n) is 10.6. The van der Waals surface area contributed by atoms with Gasteiger partial charge in [-0.2, -0.15) is 11.8 Å². The molecule has 1 heterocycles. The lowest BCUT2D eigenvalue weighted by Crippen LogP contribution is -2.47. The highest BCUT2D eigenvalue weighted by Crippen LogP contribution is 2.23. The van der Waals surface area contributed by atoms with Crippen molar-refractivity contribution in [1.29, 1.82) is 0 Å². The Bertz CT molecular complexity index is 929. The van der Waals surface area contributed by atoms with E-state index >= 15 is 0 Å². The summed E-state index contributed by atoms with van der Waals surface area (Å²) >= 11 is 8.14. The van der Waals surface area contributed by atoms with Crippen LogP contribution in [-0.2, 0) is 11.3 Å². The zero-order valence-corrected chi connectivity index (χ0v) is 19.9. The van der Waals surface area contributed by atoms with E-state index in [9.17, 15) is 9.59 Å². The Labute approximate surface area is 193 Å². The molecule has 166 valence electrons. The fourth-order valence-electron chi connectivity index (χ4n) is 3.60. The van der Waals surface area contributed by atoms with E-state index in [0.29, 0.717) is 10.6 Å². The maximum absolute atomic E-state index is 13.1. The second-order valence-corrected chi connectivity index (χ2v) is 9.77. The number of hydrogen-bond donors (Lipinski definition) is 2. The monoisotopic (exact) mass is 459 g/mol. The van der Waals surface area contributed by atoms with Crippen molar-refractivity contribution in [2.75, 3.05) is 29.9 Å². The van der Waals surface area contributed by atoms with Gasteiger partial charge in [-0.15, -0.1) is 0 Å². The molecule has 1 aliphatic rings. The molecule has 1 atom stereocenters. The second-order valence-electron chi connectivity index (χ2n) is 8.14. The summed E-state index contributed by atoms with van der Waals surface area (Å²) in [5, 5.41) is 6.24. The van der Waals surface area contributed by atoms with Crippen LogP contribution in [0.1, 0.15) is 35.3 Å². The van der Waals surface area contributed by atoms with Gasteiger partial charge >= 0.3 is 0 Å². The Kier molecular flexibility index (Phi) is 8.41. The van der Waals surface area contributed by atoms with Crippen LogP contribution in [-0.4, -0.2) is 47.4 Å². The van der Waals surface area contributed by atoms with Gasteiger partial charge < -0.3 is 10.6 Å². The highest BCUT2D eigenvalue weighted by molar-refractivity contribution is 7.99. The molecule has 31 heavy (non-hydrogen) atoms. The molecule has 0 radical (unpaired) electrons. The van der Waals surface area contributed by atoms with Gasteiger partial charge in [-0.3, -0.25) is 14.5 Å². The van der Waals surface area contributed by atoms with E-state index in [1.807, 2.05) is 44.7 Å². The Morgan fingerprint density at radius 2 is 1.81 bits per heavy atom. The first kappa shape index (κ1) is 23.6. The highest BCUT2D eigenvalue weighted by Gasteiger charge is 2.26. The molecule has 1 saturated heterocycles.